The first-order chi connectivity index (χ1) is 18.9. The average Bonchev–Trinajstić information content (AvgIpc) is 3.50. The quantitative estimate of drug-likeness (QED) is 0.385. The molecule has 8 nitrogen and oxygen atoms in total. The predicted molar refractivity (Wildman–Crippen MR) is 148 cm³/mol. The summed E-state index contributed by atoms with van der Waals surface area (Å²) in [5.41, 5.74) is -0.653. The molecule has 3 aliphatic heterocycles. The molecule has 202 valence electrons. The van der Waals surface area contributed by atoms with Crippen molar-refractivity contribution >= 4 is 39.9 Å². The Balaban J connectivity index is 1.33. The number of nitrogens with one attached hydrogen (secondary N) is 2. The maximum Gasteiger partial charge on any atom is 0.250 e. The van der Waals surface area contributed by atoms with E-state index in [1.165, 1.54) is 0 Å². The Kier molecular flexibility index (Phi) is 6.40. The van der Waals surface area contributed by atoms with E-state index in [0.29, 0.717) is 43.6 Å². The first kappa shape index (κ1) is 25.5. The molecule has 0 saturated carbocycles. The molecule has 8 heteroatoms. The van der Waals surface area contributed by atoms with Gasteiger partial charge in [0.2, 0.25) is 17.7 Å². The summed E-state index contributed by atoms with van der Waals surface area (Å²) < 4.78 is 6.66. The topological polar surface area (TPSA) is 108 Å². The number of ether oxygens (including phenoxy) is 1. The molecule has 5 atom stereocenters. The number of nitrogens with zero attached hydrogens (tertiary/aromatic N) is 1. The Morgan fingerprint density at radius 3 is 2.41 bits per heavy atom. The molecule has 3 aliphatic rings. The van der Waals surface area contributed by atoms with Crippen molar-refractivity contribution in [3.05, 3.63) is 72.8 Å². The molecule has 3 aromatic carbocycles. The number of rotatable bonds is 8. The van der Waals surface area contributed by atoms with Crippen LogP contribution in [0.4, 0.5) is 11.4 Å². The lowest BCUT2D eigenvalue weighted by molar-refractivity contribution is -0.143. The summed E-state index contributed by atoms with van der Waals surface area (Å²) in [6, 6.07) is 21.9. The van der Waals surface area contributed by atoms with Gasteiger partial charge in [-0.25, -0.2) is 0 Å². The number of benzene rings is 3. The van der Waals surface area contributed by atoms with Crippen LogP contribution in [-0.2, 0) is 19.1 Å². The van der Waals surface area contributed by atoms with Gasteiger partial charge in [0, 0.05) is 24.5 Å². The number of carbonyl (C=O) groups excluding carboxylic acids is 3. The number of para-hydroxylation sites is 1. The van der Waals surface area contributed by atoms with Gasteiger partial charge in [0.25, 0.3) is 0 Å². The largest absolute Gasteiger partial charge is 0.396 e. The first-order valence-corrected chi connectivity index (χ1v) is 13.6. The third-order valence-corrected chi connectivity index (χ3v) is 8.67. The standard InChI is InChI=1S/C31H33N3O5/c1-30-15-16-31(39-30)25(24(30)27(36)32-22-11-3-2-4-12-22)29(38)34(17-7-8-18-35)26(31)28(37)33-23-14-13-20-9-5-6-10-21(20)19-23/h2-6,9-14,19,24-26,35H,7-8,15-18H2,1H3,(H,32,36)(H,33,37)/t24-,25+,26?,30+,31?/m1/s1. The zero-order valence-corrected chi connectivity index (χ0v) is 21.9. The van der Waals surface area contributed by atoms with Gasteiger partial charge >= 0.3 is 0 Å². The molecular weight excluding hydrogens is 494 g/mol. The Hall–Kier alpha value is -3.75. The minimum Gasteiger partial charge on any atom is -0.396 e. The van der Waals surface area contributed by atoms with Crippen LogP contribution < -0.4 is 10.6 Å². The van der Waals surface area contributed by atoms with Crippen molar-refractivity contribution in [3.63, 3.8) is 0 Å². The summed E-state index contributed by atoms with van der Waals surface area (Å²) in [5.74, 6) is -2.31. The maximum absolute atomic E-state index is 14.0. The summed E-state index contributed by atoms with van der Waals surface area (Å²) in [5, 5.41) is 17.4. The van der Waals surface area contributed by atoms with E-state index >= 15 is 0 Å². The van der Waals surface area contributed by atoms with Gasteiger partial charge in [0.1, 0.15) is 11.6 Å². The molecule has 3 amide bonds. The average molecular weight is 528 g/mol. The zero-order valence-electron chi connectivity index (χ0n) is 21.9. The predicted octanol–water partition coefficient (Wildman–Crippen LogP) is 3.95. The van der Waals surface area contributed by atoms with Crippen LogP contribution in [0.25, 0.3) is 10.8 Å². The summed E-state index contributed by atoms with van der Waals surface area (Å²) in [4.78, 5) is 43.3. The number of amides is 3. The van der Waals surface area contributed by atoms with Gasteiger partial charge in [-0.05, 0) is 67.6 Å². The Bertz CT molecular complexity index is 1430. The Morgan fingerprint density at radius 1 is 0.923 bits per heavy atom. The molecule has 3 heterocycles. The minimum atomic E-state index is -1.09. The van der Waals surface area contributed by atoms with Crippen LogP contribution in [0.2, 0.25) is 0 Å². The number of hydrogen-bond donors (Lipinski definition) is 3. The molecule has 1 spiro atoms. The lowest BCUT2D eigenvalue weighted by Gasteiger charge is -2.33. The fourth-order valence-corrected chi connectivity index (χ4v) is 6.98. The molecule has 2 unspecified atom stereocenters. The van der Waals surface area contributed by atoms with Crippen molar-refractivity contribution in [2.45, 2.75) is 49.9 Å². The molecule has 3 fully saturated rings. The van der Waals surface area contributed by atoms with Crippen LogP contribution in [0.3, 0.4) is 0 Å². The number of likely N-dealkylation sites (tertiary alicyclic amines) is 1. The number of unbranched alkanes of at least 4 members (excludes halogenated alkanes) is 1. The molecule has 0 aromatic heterocycles. The van der Waals surface area contributed by atoms with Crippen LogP contribution >= 0.6 is 0 Å². The number of anilines is 2. The normalized spacial score (nSPS) is 29.0. The van der Waals surface area contributed by atoms with E-state index in [1.807, 2.05) is 79.7 Å². The lowest BCUT2D eigenvalue weighted by atomic mass is 9.66. The number of carbonyl (C=O) groups is 3. The van der Waals surface area contributed by atoms with Crippen molar-refractivity contribution < 1.29 is 24.2 Å². The number of fused-ring (bicyclic) bond motifs is 2. The van der Waals surface area contributed by atoms with Gasteiger partial charge in [-0.3, -0.25) is 14.4 Å². The minimum absolute atomic E-state index is 0.00122. The highest BCUT2D eigenvalue weighted by molar-refractivity contribution is 6.05. The summed E-state index contributed by atoms with van der Waals surface area (Å²) >= 11 is 0. The van der Waals surface area contributed by atoms with Crippen LogP contribution in [-0.4, -0.2) is 58.1 Å². The molecule has 6 rings (SSSR count). The fraction of sp³-hybridized carbons (Fsp3) is 0.387. The van der Waals surface area contributed by atoms with E-state index in [0.717, 1.165) is 10.8 Å². The summed E-state index contributed by atoms with van der Waals surface area (Å²) in [6.07, 6.45) is 2.15. The van der Waals surface area contributed by atoms with Crippen molar-refractivity contribution in [1.82, 2.24) is 4.90 Å². The zero-order chi connectivity index (χ0) is 27.2. The van der Waals surface area contributed by atoms with Crippen LogP contribution in [0.1, 0.15) is 32.6 Å². The molecule has 3 saturated heterocycles. The lowest BCUT2D eigenvalue weighted by Crippen LogP contribution is -2.53. The SMILES string of the molecule is C[C@@]12CCC3(O1)C(C(=O)Nc1ccc4ccccc4c1)N(CCCCO)C(=O)[C@@H]3[C@@H]2C(=O)Nc1ccccc1. The monoisotopic (exact) mass is 527 g/mol. The van der Waals surface area contributed by atoms with E-state index in [4.69, 9.17) is 4.74 Å². The van der Waals surface area contributed by atoms with Gasteiger partial charge < -0.3 is 25.4 Å². The van der Waals surface area contributed by atoms with Crippen LogP contribution in [0.5, 0.6) is 0 Å². The van der Waals surface area contributed by atoms with E-state index in [2.05, 4.69) is 10.6 Å². The third-order valence-electron chi connectivity index (χ3n) is 8.67. The van der Waals surface area contributed by atoms with Gasteiger partial charge in [0.05, 0.1) is 17.4 Å². The van der Waals surface area contributed by atoms with Gasteiger partial charge in [-0.1, -0.05) is 48.5 Å². The van der Waals surface area contributed by atoms with Crippen molar-refractivity contribution in [2.75, 3.05) is 23.8 Å². The number of aliphatic hydroxyl groups excluding tert-OH is 1. The van der Waals surface area contributed by atoms with Gasteiger partial charge in [-0.15, -0.1) is 0 Å². The second-order valence-corrected chi connectivity index (χ2v) is 11.1. The van der Waals surface area contributed by atoms with E-state index in [1.54, 1.807) is 4.90 Å². The third kappa shape index (κ3) is 4.19. The molecular formula is C31H33N3O5. The van der Waals surface area contributed by atoms with E-state index in [9.17, 15) is 19.5 Å². The van der Waals surface area contributed by atoms with Crippen LogP contribution in [0.15, 0.2) is 72.8 Å². The van der Waals surface area contributed by atoms with Crippen molar-refractivity contribution in [1.29, 1.82) is 0 Å². The molecule has 39 heavy (non-hydrogen) atoms. The molecule has 0 aliphatic carbocycles. The first-order valence-electron chi connectivity index (χ1n) is 13.6. The smallest absolute Gasteiger partial charge is 0.250 e. The maximum atomic E-state index is 14.0. The molecule has 0 radical (unpaired) electrons. The summed E-state index contributed by atoms with van der Waals surface area (Å²) in [6.45, 7) is 2.19. The second kappa shape index (κ2) is 9.77. The van der Waals surface area contributed by atoms with Crippen molar-refractivity contribution in [3.8, 4) is 0 Å². The number of hydrogen-bond acceptors (Lipinski definition) is 5. The molecule has 3 N–H and O–H groups in total. The summed E-state index contributed by atoms with van der Waals surface area (Å²) in [7, 11) is 0. The Labute approximate surface area is 227 Å². The van der Waals surface area contributed by atoms with Crippen LogP contribution in [0, 0.1) is 11.8 Å². The molecule has 2 bridgehead atoms. The Morgan fingerprint density at radius 2 is 1.64 bits per heavy atom. The highest BCUT2D eigenvalue weighted by atomic mass is 16.5. The van der Waals surface area contributed by atoms with E-state index in [-0.39, 0.29) is 24.3 Å². The van der Waals surface area contributed by atoms with Crippen molar-refractivity contribution in [2.24, 2.45) is 11.8 Å². The molecule has 3 aromatic rings. The second-order valence-electron chi connectivity index (χ2n) is 11.1. The fourth-order valence-electron chi connectivity index (χ4n) is 6.98. The van der Waals surface area contributed by atoms with E-state index < -0.39 is 29.1 Å². The highest BCUT2D eigenvalue weighted by Crippen LogP contribution is 2.63. The number of aliphatic hydroxyl groups is 1. The van der Waals surface area contributed by atoms with Gasteiger partial charge in [-0.2, -0.15) is 0 Å². The van der Waals surface area contributed by atoms with Gasteiger partial charge in [0.15, 0.2) is 0 Å². The highest BCUT2D eigenvalue weighted by Gasteiger charge is 2.77.